The molecule has 4 heterocycles. The van der Waals surface area contributed by atoms with Crippen LogP contribution < -0.4 is 5.32 Å². The molecule has 3 saturated heterocycles. The highest BCUT2D eigenvalue weighted by Crippen LogP contribution is 2.39. The van der Waals surface area contributed by atoms with Gasteiger partial charge in [0, 0.05) is 11.6 Å². The van der Waals surface area contributed by atoms with Gasteiger partial charge in [0.1, 0.15) is 0 Å². The Hall–Kier alpha value is -1.17. The van der Waals surface area contributed by atoms with Crippen molar-refractivity contribution < 1.29 is 4.79 Å². The normalized spacial score (nSPS) is 28.3. The summed E-state index contributed by atoms with van der Waals surface area (Å²) in [5, 5.41) is 3.86. The molecule has 3 aliphatic heterocycles. The van der Waals surface area contributed by atoms with Gasteiger partial charge in [0.25, 0.3) is 5.91 Å². The lowest BCUT2D eigenvalue weighted by atomic mass is 9.72. The molecule has 23 heavy (non-hydrogen) atoms. The topological polar surface area (TPSA) is 45.2 Å². The fraction of sp³-hybridized carbons (Fsp3) is 0.529. The van der Waals surface area contributed by atoms with Crippen LogP contribution in [-0.4, -0.2) is 40.5 Å². The molecule has 1 aromatic carbocycles. The highest BCUT2D eigenvalue weighted by molar-refractivity contribution is 7.20. The van der Waals surface area contributed by atoms with Crippen molar-refractivity contribution in [2.45, 2.75) is 38.3 Å². The molecule has 0 radical (unpaired) electrons. The van der Waals surface area contributed by atoms with Gasteiger partial charge in [-0.1, -0.05) is 12.1 Å². The van der Waals surface area contributed by atoms with E-state index in [9.17, 15) is 4.79 Å². The molecule has 1 atom stereocenters. The zero-order valence-electron chi connectivity index (χ0n) is 13.4. The number of nitrogens with zero attached hydrogens (tertiary/aromatic N) is 2. The van der Waals surface area contributed by atoms with Gasteiger partial charge in [0.15, 0.2) is 5.01 Å². The minimum atomic E-state index is -0.0203. The summed E-state index contributed by atoms with van der Waals surface area (Å²) in [4.78, 5) is 19.7. The molecule has 0 aliphatic carbocycles. The number of piperidine rings is 3. The number of hydrogen-bond donors (Lipinski definition) is 1. The number of benzene rings is 1. The van der Waals surface area contributed by atoms with E-state index in [0.717, 1.165) is 23.3 Å². The second-order valence-corrected chi connectivity index (χ2v) is 7.95. The number of nitrogens with one attached hydrogen (secondary N) is 1. The molecule has 0 spiro atoms. The third-order valence-electron chi connectivity index (χ3n) is 5.36. The third-order valence-corrected chi connectivity index (χ3v) is 6.40. The molecular formula is C17H22ClN3OS. The number of thiazole rings is 1. The van der Waals surface area contributed by atoms with Gasteiger partial charge in [0.05, 0.1) is 10.2 Å². The van der Waals surface area contributed by atoms with Crippen LogP contribution in [0, 0.1) is 5.92 Å². The van der Waals surface area contributed by atoms with Crippen LogP contribution in [0.2, 0.25) is 0 Å². The number of amides is 1. The number of halogens is 1. The first-order chi connectivity index (χ1) is 10.6. The van der Waals surface area contributed by atoms with Crippen LogP contribution in [0.25, 0.3) is 10.2 Å². The van der Waals surface area contributed by atoms with Gasteiger partial charge >= 0.3 is 0 Å². The van der Waals surface area contributed by atoms with Crippen molar-refractivity contribution in [3.63, 3.8) is 0 Å². The Morgan fingerprint density at radius 2 is 2.00 bits per heavy atom. The van der Waals surface area contributed by atoms with Crippen LogP contribution in [0.1, 0.15) is 36.5 Å². The van der Waals surface area contributed by atoms with E-state index < -0.39 is 0 Å². The Kier molecular flexibility index (Phi) is 4.38. The van der Waals surface area contributed by atoms with Crippen molar-refractivity contribution >= 4 is 39.9 Å². The van der Waals surface area contributed by atoms with Crippen molar-refractivity contribution in [2.75, 3.05) is 13.1 Å². The number of hydrogen-bond acceptors (Lipinski definition) is 4. The second-order valence-electron chi connectivity index (χ2n) is 6.92. The molecule has 3 aliphatic rings. The van der Waals surface area contributed by atoms with Gasteiger partial charge in [0.2, 0.25) is 0 Å². The number of aromatic nitrogens is 1. The maximum atomic E-state index is 12.7. The van der Waals surface area contributed by atoms with Gasteiger partial charge < -0.3 is 5.32 Å². The van der Waals surface area contributed by atoms with Crippen molar-refractivity contribution in [3.05, 3.63) is 29.3 Å². The van der Waals surface area contributed by atoms with Gasteiger partial charge in [-0.3, -0.25) is 9.69 Å². The van der Waals surface area contributed by atoms with Gasteiger partial charge in [-0.15, -0.1) is 23.7 Å². The maximum Gasteiger partial charge on any atom is 0.280 e. The number of rotatable bonds is 2. The summed E-state index contributed by atoms with van der Waals surface area (Å²) in [5.41, 5.74) is 0.943. The predicted octanol–water partition coefficient (Wildman–Crippen LogP) is 3.32. The molecule has 2 bridgehead atoms. The zero-order valence-corrected chi connectivity index (χ0v) is 15.0. The van der Waals surface area contributed by atoms with Crippen molar-refractivity contribution in [2.24, 2.45) is 5.92 Å². The van der Waals surface area contributed by atoms with E-state index in [1.165, 1.54) is 24.2 Å². The molecule has 5 rings (SSSR count). The Balaban J connectivity index is 0.00000156. The molecule has 0 saturated carbocycles. The Morgan fingerprint density at radius 1 is 1.30 bits per heavy atom. The molecule has 0 unspecified atom stereocenters. The summed E-state index contributed by atoms with van der Waals surface area (Å²) >= 11 is 1.48. The summed E-state index contributed by atoms with van der Waals surface area (Å²) in [6.07, 6.45) is 2.38. The summed E-state index contributed by atoms with van der Waals surface area (Å²) in [7, 11) is 0. The van der Waals surface area contributed by atoms with E-state index in [-0.39, 0.29) is 29.9 Å². The number of carbonyl (C=O) groups excluding carboxylic acids is 1. The second kappa shape index (κ2) is 6.04. The standard InChI is InChI=1S/C17H21N3OS.ClH/c1-17(2)14(11-7-9-20(17)10-8-11)19-15(21)16-18-12-5-3-4-6-13(12)22-16;/h3-6,11,14H,7-10H2,1-2H3,(H,19,21);1H/t14-;/m0./s1. The minimum Gasteiger partial charge on any atom is -0.345 e. The van der Waals surface area contributed by atoms with Crippen LogP contribution in [0.3, 0.4) is 0 Å². The summed E-state index contributed by atoms with van der Waals surface area (Å²) in [5.74, 6) is 0.575. The van der Waals surface area contributed by atoms with E-state index >= 15 is 0 Å². The molecule has 2 aromatic rings. The highest BCUT2D eigenvalue weighted by atomic mass is 35.5. The number of para-hydroxylation sites is 1. The fourth-order valence-corrected chi connectivity index (χ4v) is 4.92. The molecule has 1 aromatic heterocycles. The Morgan fingerprint density at radius 3 is 2.65 bits per heavy atom. The number of carbonyl (C=O) groups is 1. The molecule has 6 heteroatoms. The van der Waals surface area contributed by atoms with Crippen LogP contribution in [0.15, 0.2) is 24.3 Å². The first-order valence-electron chi connectivity index (χ1n) is 7.97. The van der Waals surface area contributed by atoms with E-state index in [1.807, 2.05) is 24.3 Å². The average molecular weight is 352 g/mol. The summed E-state index contributed by atoms with van der Waals surface area (Å²) in [6.45, 7) is 6.82. The lowest BCUT2D eigenvalue weighted by Gasteiger charge is -2.56. The van der Waals surface area contributed by atoms with Crippen LogP contribution >= 0.6 is 23.7 Å². The van der Waals surface area contributed by atoms with Crippen LogP contribution in [-0.2, 0) is 0 Å². The first-order valence-corrected chi connectivity index (χ1v) is 8.79. The lowest BCUT2D eigenvalue weighted by molar-refractivity contribution is -0.0378. The monoisotopic (exact) mass is 351 g/mol. The first kappa shape index (κ1) is 16.7. The number of fused-ring (bicyclic) bond motifs is 4. The minimum absolute atomic E-state index is 0. The van der Waals surface area contributed by atoms with E-state index in [2.05, 4.69) is 29.0 Å². The smallest absolute Gasteiger partial charge is 0.280 e. The molecule has 3 fully saturated rings. The molecular weight excluding hydrogens is 330 g/mol. The lowest BCUT2D eigenvalue weighted by Crippen LogP contribution is -2.69. The fourth-order valence-electron chi connectivity index (χ4n) is 4.05. The largest absolute Gasteiger partial charge is 0.345 e. The molecule has 1 N–H and O–H groups in total. The highest BCUT2D eigenvalue weighted by Gasteiger charge is 2.48. The SMILES string of the molecule is CC1(C)[C@@H](NC(=O)c2nc3ccccc3s2)C2CCN1CC2.Cl. The summed E-state index contributed by atoms with van der Waals surface area (Å²) in [6, 6.07) is 8.14. The van der Waals surface area contributed by atoms with E-state index in [0.29, 0.717) is 10.9 Å². The van der Waals surface area contributed by atoms with Gasteiger partial charge in [-0.2, -0.15) is 0 Å². The maximum absolute atomic E-state index is 12.7. The van der Waals surface area contributed by atoms with Crippen LogP contribution in [0.4, 0.5) is 0 Å². The Labute approximate surface area is 146 Å². The quantitative estimate of drug-likeness (QED) is 0.902. The van der Waals surface area contributed by atoms with Crippen LogP contribution in [0.5, 0.6) is 0 Å². The zero-order chi connectivity index (χ0) is 15.3. The van der Waals surface area contributed by atoms with Crippen molar-refractivity contribution in [3.8, 4) is 0 Å². The van der Waals surface area contributed by atoms with Crippen molar-refractivity contribution in [1.29, 1.82) is 0 Å². The summed E-state index contributed by atoms with van der Waals surface area (Å²) < 4.78 is 1.07. The molecule has 124 valence electrons. The Bertz CT molecular complexity index is 688. The van der Waals surface area contributed by atoms with Gasteiger partial charge in [-0.05, 0) is 57.8 Å². The molecule has 4 nitrogen and oxygen atoms in total. The molecule has 1 amide bonds. The average Bonchev–Trinajstić information content (AvgIpc) is 2.95. The third kappa shape index (κ3) is 2.75. The van der Waals surface area contributed by atoms with Gasteiger partial charge in [-0.25, -0.2) is 4.98 Å². The predicted molar refractivity (Wildman–Crippen MR) is 96.5 cm³/mol. The van der Waals surface area contributed by atoms with E-state index in [4.69, 9.17) is 0 Å². The van der Waals surface area contributed by atoms with Crippen molar-refractivity contribution in [1.82, 2.24) is 15.2 Å². The van der Waals surface area contributed by atoms with E-state index in [1.54, 1.807) is 0 Å².